The second-order valence-corrected chi connectivity index (χ2v) is 5.05. The molecule has 1 aliphatic rings. The summed E-state index contributed by atoms with van der Waals surface area (Å²) < 4.78 is 0. The molecule has 0 N–H and O–H groups in total. The zero-order valence-electron chi connectivity index (χ0n) is 10.6. The van der Waals surface area contributed by atoms with Crippen LogP contribution in [-0.4, -0.2) is 23.4 Å². The van der Waals surface area contributed by atoms with Crippen molar-refractivity contribution in [3.05, 3.63) is 48.0 Å². The number of carbonyl (C=O) groups is 1. The molecular formula is C16H17NO. The Morgan fingerprint density at radius 2 is 1.94 bits per heavy atom. The first-order valence-electron chi connectivity index (χ1n) is 6.55. The molecule has 1 heterocycles. The summed E-state index contributed by atoms with van der Waals surface area (Å²) in [7, 11) is 0. The Morgan fingerprint density at radius 1 is 1.17 bits per heavy atom. The van der Waals surface area contributed by atoms with Crippen LogP contribution in [0.15, 0.2) is 42.5 Å². The minimum atomic E-state index is 0.172. The van der Waals surface area contributed by atoms with E-state index in [1.54, 1.807) is 0 Å². The van der Waals surface area contributed by atoms with E-state index in [4.69, 9.17) is 0 Å². The highest BCUT2D eigenvalue weighted by Gasteiger charge is 2.25. The highest BCUT2D eigenvalue weighted by molar-refractivity contribution is 5.98. The van der Waals surface area contributed by atoms with Crippen LogP contribution in [0.1, 0.15) is 30.1 Å². The number of likely N-dealkylation sites (tertiary alicyclic amines) is 1. The van der Waals surface area contributed by atoms with E-state index in [2.05, 4.69) is 19.1 Å². The normalized spacial score (nSPS) is 19.4. The van der Waals surface area contributed by atoms with Gasteiger partial charge in [-0.3, -0.25) is 4.79 Å². The molecule has 0 aromatic heterocycles. The number of amides is 1. The maximum absolute atomic E-state index is 12.4. The Hall–Kier alpha value is -1.83. The van der Waals surface area contributed by atoms with Gasteiger partial charge in [-0.2, -0.15) is 0 Å². The van der Waals surface area contributed by atoms with Gasteiger partial charge in [-0.15, -0.1) is 0 Å². The van der Waals surface area contributed by atoms with Crippen molar-refractivity contribution in [1.29, 1.82) is 0 Å². The molecule has 0 bridgehead atoms. The van der Waals surface area contributed by atoms with E-state index >= 15 is 0 Å². The molecule has 1 atom stereocenters. The van der Waals surface area contributed by atoms with Crippen LogP contribution in [0.3, 0.4) is 0 Å². The van der Waals surface area contributed by atoms with Crippen LogP contribution in [-0.2, 0) is 0 Å². The van der Waals surface area contributed by atoms with Gasteiger partial charge < -0.3 is 4.90 Å². The van der Waals surface area contributed by atoms with Gasteiger partial charge in [0.1, 0.15) is 0 Å². The van der Waals surface area contributed by atoms with Gasteiger partial charge in [-0.05, 0) is 42.7 Å². The molecule has 2 heteroatoms. The zero-order chi connectivity index (χ0) is 12.5. The van der Waals surface area contributed by atoms with E-state index in [1.807, 2.05) is 35.2 Å². The summed E-state index contributed by atoms with van der Waals surface area (Å²) in [4.78, 5) is 14.4. The van der Waals surface area contributed by atoms with Gasteiger partial charge in [0.15, 0.2) is 0 Å². The maximum Gasteiger partial charge on any atom is 0.254 e. The lowest BCUT2D eigenvalue weighted by atomic mass is 10.1. The van der Waals surface area contributed by atoms with Crippen LogP contribution >= 0.6 is 0 Å². The third-order valence-electron chi connectivity index (χ3n) is 3.81. The quantitative estimate of drug-likeness (QED) is 0.746. The third kappa shape index (κ3) is 1.88. The van der Waals surface area contributed by atoms with Gasteiger partial charge in [0, 0.05) is 18.2 Å². The molecule has 1 unspecified atom stereocenters. The molecule has 2 aromatic carbocycles. The molecule has 0 saturated carbocycles. The van der Waals surface area contributed by atoms with Crippen LogP contribution < -0.4 is 0 Å². The predicted octanol–water partition coefficient (Wildman–Crippen LogP) is 3.46. The van der Waals surface area contributed by atoms with E-state index in [0.29, 0.717) is 6.04 Å². The molecule has 2 aromatic rings. The van der Waals surface area contributed by atoms with Crippen LogP contribution in [0, 0.1) is 0 Å². The molecular weight excluding hydrogens is 222 g/mol. The lowest BCUT2D eigenvalue weighted by Crippen LogP contribution is -2.33. The first-order chi connectivity index (χ1) is 8.75. The van der Waals surface area contributed by atoms with Gasteiger partial charge in [0.25, 0.3) is 5.91 Å². The van der Waals surface area contributed by atoms with Crippen LogP contribution in [0.2, 0.25) is 0 Å². The standard InChI is InChI=1S/C16H17NO/c1-12-5-4-10-17(12)16(18)15-9-8-13-6-2-3-7-14(13)11-15/h2-3,6-9,11-12H,4-5,10H2,1H3. The number of carbonyl (C=O) groups excluding carboxylic acids is 1. The van der Waals surface area contributed by atoms with Crippen molar-refractivity contribution in [2.24, 2.45) is 0 Å². The number of hydrogen-bond acceptors (Lipinski definition) is 1. The summed E-state index contributed by atoms with van der Waals surface area (Å²) in [6.07, 6.45) is 2.25. The van der Waals surface area contributed by atoms with Gasteiger partial charge in [-0.25, -0.2) is 0 Å². The van der Waals surface area contributed by atoms with E-state index in [0.717, 1.165) is 30.3 Å². The molecule has 18 heavy (non-hydrogen) atoms. The Labute approximate surface area is 107 Å². The van der Waals surface area contributed by atoms with E-state index in [1.165, 1.54) is 5.39 Å². The summed E-state index contributed by atoms with van der Waals surface area (Å²) in [5, 5.41) is 2.32. The summed E-state index contributed by atoms with van der Waals surface area (Å²) >= 11 is 0. The fourth-order valence-corrected chi connectivity index (χ4v) is 2.72. The number of nitrogens with zero attached hydrogens (tertiary/aromatic N) is 1. The average molecular weight is 239 g/mol. The van der Waals surface area contributed by atoms with Crippen molar-refractivity contribution < 1.29 is 4.79 Å². The smallest absolute Gasteiger partial charge is 0.254 e. The van der Waals surface area contributed by atoms with Crippen molar-refractivity contribution in [3.8, 4) is 0 Å². The number of hydrogen-bond donors (Lipinski definition) is 0. The first-order valence-corrected chi connectivity index (χ1v) is 6.55. The maximum atomic E-state index is 12.4. The molecule has 92 valence electrons. The second kappa shape index (κ2) is 4.45. The molecule has 0 radical (unpaired) electrons. The minimum absolute atomic E-state index is 0.172. The Kier molecular flexibility index (Phi) is 2.78. The lowest BCUT2D eigenvalue weighted by molar-refractivity contribution is 0.0747. The predicted molar refractivity (Wildman–Crippen MR) is 73.7 cm³/mol. The summed E-state index contributed by atoms with van der Waals surface area (Å²) in [5.74, 6) is 0.172. The number of rotatable bonds is 1. The Balaban J connectivity index is 1.96. The van der Waals surface area contributed by atoms with Crippen LogP contribution in [0.5, 0.6) is 0 Å². The van der Waals surface area contributed by atoms with Crippen LogP contribution in [0.4, 0.5) is 0 Å². The summed E-state index contributed by atoms with van der Waals surface area (Å²) in [5.41, 5.74) is 0.808. The lowest BCUT2D eigenvalue weighted by Gasteiger charge is -2.21. The number of fused-ring (bicyclic) bond motifs is 1. The summed E-state index contributed by atoms with van der Waals surface area (Å²) in [6, 6.07) is 14.5. The first kappa shape index (κ1) is 11.3. The molecule has 1 fully saturated rings. The van der Waals surface area contributed by atoms with Crippen molar-refractivity contribution >= 4 is 16.7 Å². The Morgan fingerprint density at radius 3 is 2.67 bits per heavy atom. The third-order valence-corrected chi connectivity index (χ3v) is 3.81. The topological polar surface area (TPSA) is 20.3 Å². The molecule has 0 spiro atoms. The van der Waals surface area contributed by atoms with Crippen molar-refractivity contribution in [3.63, 3.8) is 0 Å². The monoisotopic (exact) mass is 239 g/mol. The van der Waals surface area contributed by atoms with Gasteiger partial charge in [-0.1, -0.05) is 30.3 Å². The molecule has 3 rings (SSSR count). The van der Waals surface area contributed by atoms with Crippen LogP contribution in [0.25, 0.3) is 10.8 Å². The van der Waals surface area contributed by atoms with E-state index < -0.39 is 0 Å². The Bertz CT molecular complexity index is 590. The second-order valence-electron chi connectivity index (χ2n) is 5.05. The highest BCUT2D eigenvalue weighted by Crippen LogP contribution is 2.22. The van der Waals surface area contributed by atoms with E-state index in [9.17, 15) is 4.79 Å². The molecule has 1 aliphatic heterocycles. The van der Waals surface area contributed by atoms with Gasteiger partial charge >= 0.3 is 0 Å². The van der Waals surface area contributed by atoms with E-state index in [-0.39, 0.29) is 5.91 Å². The minimum Gasteiger partial charge on any atom is -0.336 e. The van der Waals surface area contributed by atoms with Crippen molar-refractivity contribution in [2.45, 2.75) is 25.8 Å². The SMILES string of the molecule is CC1CCCN1C(=O)c1ccc2ccccc2c1. The van der Waals surface area contributed by atoms with Crippen molar-refractivity contribution in [2.75, 3.05) is 6.54 Å². The van der Waals surface area contributed by atoms with Gasteiger partial charge in [0.2, 0.25) is 0 Å². The molecule has 1 saturated heterocycles. The molecule has 1 amide bonds. The average Bonchev–Trinajstić information content (AvgIpc) is 2.83. The highest BCUT2D eigenvalue weighted by atomic mass is 16.2. The largest absolute Gasteiger partial charge is 0.336 e. The van der Waals surface area contributed by atoms with Gasteiger partial charge in [0.05, 0.1) is 0 Å². The molecule has 0 aliphatic carbocycles. The van der Waals surface area contributed by atoms with Crippen molar-refractivity contribution in [1.82, 2.24) is 4.90 Å². The molecule has 2 nitrogen and oxygen atoms in total. The fraction of sp³-hybridized carbons (Fsp3) is 0.312. The summed E-state index contributed by atoms with van der Waals surface area (Å²) in [6.45, 7) is 3.03. The number of benzene rings is 2. The zero-order valence-corrected chi connectivity index (χ0v) is 10.6. The fourth-order valence-electron chi connectivity index (χ4n) is 2.72.